The summed E-state index contributed by atoms with van der Waals surface area (Å²) in [6.45, 7) is 1.35. The van der Waals surface area contributed by atoms with Gasteiger partial charge in [0.25, 0.3) is 5.92 Å². The fourth-order valence-electron chi connectivity index (χ4n) is 1.93. The van der Waals surface area contributed by atoms with Gasteiger partial charge in [0, 0.05) is 4.47 Å². The minimum Gasteiger partial charge on any atom is -0.295 e. The molecule has 1 aliphatic rings. The van der Waals surface area contributed by atoms with Crippen molar-refractivity contribution < 1.29 is 13.6 Å². The van der Waals surface area contributed by atoms with Gasteiger partial charge in [-0.3, -0.25) is 4.79 Å². The molecule has 0 saturated heterocycles. The largest absolute Gasteiger partial charge is 0.295 e. The average molecular weight is 301 g/mol. The number of benzene rings is 1. The molecule has 0 radical (unpaired) electrons. The molecule has 0 heterocycles. The molecule has 1 aromatic rings. The molecule has 1 saturated carbocycles. The lowest BCUT2D eigenvalue weighted by atomic mass is 10.1. The minimum atomic E-state index is -2.74. The molecule has 2 rings (SSSR count). The number of hydrogen-bond acceptors (Lipinski definition) is 1. The van der Waals surface area contributed by atoms with Gasteiger partial charge >= 0.3 is 0 Å². The maximum Gasteiger partial charge on any atom is 0.262 e. The average Bonchev–Trinajstić information content (AvgIpc) is 2.79. The maximum absolute atomic E-state index is 13.5. The normalized spacial score (nSPS) is 26.1. The Bertz CT molecular complexity index is 465. The summed E-state index contributed by atoms with van der Waals surface area (Å²) in [5.41, 5.74) is 0.608. The molecule has 0 bridgehead atoms. The molecule has 1 fully saturated rings. The summed E-state index contributed by atoms with van der Waals surface area (Å²) in [5.74, 6) is -4.60. The Morgan fingerprint density at radius 2 is 1.94 bits per heavy atom. The highest BCUT2D eigenvalue weighted by Crippen LogP contribution is 2.62. The summed E-state index contributed by atoms with van der Waals surface area (Å²) in [4.78, 5) is 10.7. The molecule has 17 heavy (non-hydrogen) atoms. The number of allylic oxidation sites excluding steroid dienone is 2. The van der Waals surface area contributed by atoms with Crippen molar-refractivity contribution in [2.45, 2.75) is 18.8 Å². The van der Waals surface area contributed by atoms with Gasteiger partial charge in [0.05, 0.1) is 11.8 Å². The Morgan fingerprint density at radius 3 is 2.47 bits per heavy atom. The monoisotopic (exact) mass is 300 g/mol. The van der Waals surface area contributed by atoms with Crippen molar-refractivity contribution in [2.24, 2.45) is 5.92 Å². The fraction of sp³-hybridized carbons (Fsp3) is 0.308. The van der Waals surface area contributed by atoms with E-state index in [2.05, 4.69) is 15.9 Å². The van der Waals surface area contributed by atoms with E-state index in [0.717, 1.165) is 4.47 Å². The molecule has 0 aliphatic heterocycles. The van der Waals surface area contributed by atoms with Crippen LogP contribution in [0.4, 0.5) is 8.78 Å². The summed E-state index contributed by atoms with van der Waals surface area (Å²) in [7, 11) is 0. The van der Waals surface area contributed by atoms with Crippen molar-refractivity contribution >= 4 is 21.7 Å². The second-order valence-corrected chi connectivity index (χ2v) is 5.11. The zero-order chi connectivity index (χ0) is 12.6. The lowest BCUT2D eigenvalue weighted by molar-refractivity contribution is -0.112. The Labute approximate surface area is 107 Å². The Kier molecular flexibility index (Phi) is 3.17. The highest BCUT2D eigenvalue weighted by atomic mass is 79.9. The van der Waals surface area contributed by atoms with Gasteiger partial charge in [-0.15, -0.1) is 0 Å². The van der Waals surface area contributed by atoms with Gasteiger partial charge in [-0.05, 0) is 30.7 Å². The van der Waals surface area contributed by atoms with Crippen molar-refractivity contribution in [1.82, 2.24) is 0 Å². The van der Waals surface area contributed by atoms with Crippen molar-refractivity contribution in [3.63, 3.8) is 0 Å². The van der Waals surface area contributed by atoms with Gasteiger partial charge in [-0.1, -0.05) is 34.1 Å². The summed E-state index contributed by atoms with van der Waals surface area (Å²) in [6.07, 6.45) is 2.53. The quantitative estimate of drug-likeness (QED) is 0.773. The van der Waals surface area contributed by atoms with Gasteiger partial charge in [-0.25, -0.2) is 8.78 Å². The molecule has 0 amide bonds. The summed E-state index contributed by atoms with van der Waals surface area (Å²) < 4.78 is 27.9. The number of ketones is 1. The smallest absolute Gasteiger partial charge is 0.262 e. The van der Waals surface area contributed by atoms with Gasteiger partial charge in [-0.2, -0.15) is 0 Å². The van der Waals surface area contributed by atoms with Crippen LogP contribution in [0.1, 0.15) is 18.4 Å². The molecule has 0 aromatic heterocycles. The standard InChI is InChI=1S/C13H11BrF2O/c1-8(17)2-7-11-12(13(11,15)16)9-3-5-10(14)6-4-9/h2-7,11-12H,1H3/b7-2+/t11-,12?/m1/s1. The third-order valence-electron chi connectivity index (χ3n) is 2.88. The van der Waals surface area contributed by atoms with Crippen LogP contribution in [0.5, 0.6) is 0 Å². The number of carbonyl (C=O) groups is 1. The van der Waals surface area contributed by atoms with E-state index < -0.39 is 17.8 Å². The first-order valence-electron chi connectivity index (χ1n) is 5.25. The van der Waals surface area contributed by atoms with Crippen molar-refractivity contribution in [2.75, 3.05) is 0 Å². The van der Waals surface area contributed by atoms with Gasteiger partial charge in [0.2, 0.25) is 0 Å². The summed E-state index contributed by atoms with van der Waals surface area (Å²) in [5, 5.41) is 0. The van der Waals surface area contributed by atoms with Crippen LogP contribution in [-0.2, 0) is 4.79 Å². The van der Waals surface area contributed by atoms with Crippen molar-refractivity contribution in [1.29, 1.82) is 0 Å². The lowest BCUT2D eigenvalue weighted by Gasteiger charge is -1.98. The lowest BCUT2D eigenvalue weighted by Crippen LogP contribution is -1.93. The number of rotatable bonds is 3. The zero-order valence-electron chi connectivity index (χ0n) is 9.16. The van der Waals surface area contributed by atoms with E-state index in [-0.39, 0.29) is 5.78 Å². The number of halogens is 3. The predicted octanol–water partition coefficient (Wildman–Crippen LogP) is 3.94. The van der Waals surface area contributed by atoms with Crippen LogP contribution in [0.3, 0.4) is 0 Å². The maximum atomic E-state index is 13.5. The van der Waals surface area contributed by atoms with Crippen LogP contribution < -0.4 is 0 Å². The Hall–Kier alpha value is -1.03. The van der Waals surface area contributed by atoms with Crippen LogP contribution in [0.15, 0.2) is 40.9 Å². The second kappa shape index (κ2) is 4.33. The first-order chi connectivity index (χ1) is 7.93. The van der Waals surface area contributed by atoms with E-state index >= 15 is 0 Å². The molecule has 1 nitrogen and oxygen atoms in total. The second-order valence-electron chi connectivity index (χ2n) is 4.20. The van der Waals surface area contributed by atoms with Crippen LogP contribution in [0, 0.1) is 5.92 Å². The Balaban J connectivity index is 2.18. The number of hydrogen-bond donors (Lipinski definition) is 0. The molecule has 4 heteroatoms. The van der Waals surface area contributed by atoms with Crippen molar-refractivity contribution in [3.8, 4) is 0 Å². The number of carbonyl (C=O) groups excluding carboxylic acids is 1. The summed E-state index contributed by atoms with van der Waals surface area (Å²) >= 11 is 3.26. The minimum absolute atomic E-state index is 0.206. The predicted molar refractivity (Wildman–Crippen MR) is 65.1 cm³/mol. The van der Waals surface area contributed by atoms with Crippen molar-refractivity contribution in [3.05, 3.63) is 46.5 Å². The SMILES string of the molecule is CC(=O)/C=C/[C@@H]1C(c2ccc(Br)cc2)C1(F)F. The van der Waals surface area contributed by atoms with E-state index in [1.165, 1.54) is 19.1 Å². The first-order valence-corrected chi connectivity index (χ1v) is 6.04. The summed E-state index contributed by atoms with van der Waals surface area (Å²) in [6, 6.07) is 6.86. The van der Waals surface area contributed by atoms with Crippen LogP contribution in [-0.4, -0.2) is 11.7 Å². The van der Waals surface area contributed by atoms with Crippen LogP contribution in [0.25, 0.3) is 0 Å². The van der Waals surface area contributed by atoms with E-state index in [4.69, 9.17) is 0 Å². The molecule has 1 aliphatic carbocycles. The van der Waals surface area contributed by atoms with E-state index in [1.807, 2.05) is 0 Å². The topological polar surface area (TPSA) is 17.1 Å². The molecule has 0 spiro atoms. The molecule has 1 unspecified atom stereocenters. The molecular weight excluding hydrogens is 290 g/mol. The van der Waals surface area contributed by atoms with E-state index in [1.54, 1.807) is 24.3 Å². The molecular formula is C13H11BrF2O. The van der Waals surface area contributed by atoms with Gasteiger partial charge in [0.1, 0.15) is 0 Å². The number of alkyl halides is 2. The molecule has 1 aromatic carbocycles. The molecule has 0 N–H and O–H groups in total. The highest BCUT2D eigenvalue weighted by Gasteiger charge is 2.67. The van der Waals surface area contributed by atoms with Gasteiger partial charge in [0.15, 0.2) is 5.78 Å². The highest BCUT2D eigenvalue weighted by molar-refractivity contribution is 9.10. The van der Waals surface area contributed by atoms with E-state index in [0.29, 0.717) is 5.56 Å². The van der Waals surface area contributed by atoms with Crippen LogP contribution in [0.2, 0.25) is 0 Å². The molecule has 90 valence electrons. The molecule has 2 atom stereocenters. The van der Waals surface area contributed by atoms with Gasteiger partial charge < -0.3 is 0 Å². The zero-order valence-corrected chi connectivity index (χ0v) is 10.7. The first kappa shape index (κ1) is 12.4. The Morgan fingerprint density at radius 1 is 1.35 bits per heavy atom. The van der Waals surface area contributed by atoms with Crippen LogP contribution >= 0.6 is 15.9 Å². The fourth-order valence-corrected chi connectivity index (χ4v) is 2.19. The third-order valence-corrected chi connectivity index (χ3v) is 3.41. The van der Waals surface area contributed by atoms with E-state index in [9.17, 15) is 13.6 Å². The third kappa shape index (κ3) is 2.46.